The molecule has 0 spiro atoms. The van der Waals surface area contributed by atoms with E-state index in [9.17, 15) is 18.7 Å². The first-order valence-corrected chi connectivity index (χ1v) is 11.2. The van der Waals surface area contributed by atoms with Gasteiger partial charge in [0.05, 0.1) is 18.2 Å². The molecular formula is C24H26F2N2O3S. The molecule has 1 aliphatic heterocycles. The normalized spacial score (nSPS) is 25.2. The van der Waals surface area contributed by atoms with Gasteiger partial charge in [-0.25, -0.2) is 8.78 Å². The Bertz CT molecular complexity index is 986. The van der Waals surface area contributed by atoms with Gasteiger partial charge in [-0.3, -0.25) is 10.1 Å². The van der Waals surface area contributed by atoms with Gasteiger partial charge in [-0.15, -0.1) is 0 Å². The van der Waals surface area contributed by atoms with Gasteiger partial charge in [-0.1, -0.05) is 37.1 Å². The second-order valence-corrected chi connectivity index (χ2v) is 9.01. The van der Waals surface area contributed by atoms with Gasteiger partial charge < -0.3 is 15.2 Å². The Hall–Kier alpha value is -2.42. The molecule has 2 fully saturated rings. The maximum atomic E-state index is 14.9. The zero-order valence-corrected chi connectivity index (χ0v) is 18.3. The van der Waals surface area contributed by atoms with Crippen LogP contribution in [0.4, 0.5) is 8.78 Å². The SMILES string of the molecule is O=C(NC(=S)N[C@@]1(c2ccc(F)cc2F)CO[C@@H](CC2CC2)C[C@H]1CO)c1ccccc1. The second kappa shape index (κ2) is 9.60. The van der Waals surface area contributed by atoms with Crippen LogP contribution in [-0.2, 0) is 10.3 Å². The van der Waals surface area contributed by atoms with Crippen LogP contribution in [0.5, 0.6) is 0 Å². The minimum absolute atomic E-state index is 0.0229. The molecule has 170 valence electrons. The lowest BCUT2D eigenvalue weighted by Gasteiger charge is -2.47. The van der Waals surface area contributed by atoms with Crippen LogP contribution >= 0.6 is 12.2 Å². The first-order chi connectivity index (χ1) is 15.4. The Morgan fingerprint density at radius 3 is 2.59 bits per heavy atom. The van der Waals surface area contributed by atoms with Crippen molar-refractivity contribution in [3.63, 3.8) is 0 Å². The predicted molar refractivity (Wildman–Crippen MR) is 120 cm³/mol. The molecule has 0 unspecified atom stereocenters. The zero-order valence-electron chi connectivity index (χ0n) is 17.5. The number of aliphatic hydroxyl groups excluding tert-OH is 1. The lowest BCUT2D eigenvalue weighted by molar-refractivity contribution is -0.0877. The van der Waals surface area contributed by atoms with Gasteiger partial charge in [0, 0.05) is 29.7 Å². The third-order valence-electron chi connectivity index (χ3n) is 6.32. The third kappa shape index (κ3) is 4.98. The van der Waals surface area contributed by atoms with E-state index in [0.29, 0.717) is 17.9 Å². The summed E-state index contributed by atoms with van der Waals surface area (Å²) in [5.41, 5.74) is -0.700. The van der Waals surface area contributed by atoms with Crippen LogP contribution < -0.4 is 10.6 Å². The largest absolute Gasteiger partial charge is 0.396 e. The fraction of sp³-hybridized carbons (Fsp3) is 0.417. The summed E-state index contributed by atoms with van der Waals surface area (Å²) in [6, 6.07) is 11.9. The molecular weight excluding hydrogens is 434 g/mol. The minimum Gasteiger partial charge on any atom is -0.396 e. The van der Waals surface area contributed by atoms with Crippen molar-refractivity contribution in [2.45, 2.75) is 37.3 Å². The summed E-state index contributed by atoms with van der Waals surface area (Å²) >= 11 is 5.39. The molecule has 1 heterocycles. The number of benzene rings is 2. The van der Waals surface area contributed by atoms with Crippen molar-refractivity contribution < 1.29 is 23.4 Å². The number of carbonyl (C=O) groups excluding carboxylic acids is 1. The summed E-state index contributed by atoms with van der Waals surface area (Å²) < 4.78 is 34.7. The van der Waals surface area contributed by atoms with Gasteiger partial charge in [0.25, 0.3) is 5.91 Å². The van der Waals surface area contributed by atoms with E-state index in [1.54, 1.807) is 30.3 Å². The molecule has 4 rings (SSSR count). The summed E-state index contributed by atoms with van der Waals surface area (Å²) in [6.45, 7) is -0.219. The lowest BCUT2D eigenvalue weighted by atomic mass is 9.73. The highest BCUT2D eigenvalue weighted by atomic mass is 32.1. The molecule has 0 bridgehead atoms. The van der Waals surface area contributed by atoms with Crippen LogP contribution in [0, 0.1) is 23.5 Å². The molecule has 3 atom stereocenters. The van der Waals surface area contributed by atoms with Crippen molar-refractivity contribution in [2.24, 2.45) is 11.8 Å². The summed E-state index contributed by atoms with van der Waals surface area (Å²) in [4.78, 5) is 12.5. The van der Waals surface area contributed by atoms with Gasteiger partial charge in [-0.2, -0.15) is 0 Å². The highest BCUT2D eigenvalue weighted by Crippen LogP contribution is 2.43. The fourth-order valence-corrected chi connectivity index (χ4v) is 4.70. The Morgan fingerprint density at radius 1 is 1.19 bits per heavy atom. The zero-order chi connectivity index (χ0) is 22.7. The average molecular weight is 461 g/mol. The maximum Gasteiger partial charge on any atom is 0.257 e. The summed E-state index contributed by atoms with van der Waals surface area (Å²) in [7, 11) is 0. The number of ether oxygens (including phenoxy) is 1. The van der Waals surface area contributed by atoms with Gasteiger partial charge in [0.15, 0.2) is 5.11 Å². The summed E-state index contributed by atoms with van der Waals surface area (Å²) in [5, 5.41) is 15.9. The molecule has 0 radical (unpaired) electrons. The quantitative estimate of drug-likeness (QED) is 0.574. The van der Waals surface area contributed by atoms with Crippen LogP contribution in [0.1, 0.15) is 41.6 Å². The third-order valence-corrected chi connectivity index (χ3v) is 6.52. The number of hydrogen-bond acceptors (Lipinski definition) is 4. The molecule has 3 N–H and O–H groups in total. The van der Waals surface area contributed by atoms with Crippen LogP contribution in [0.3, 0.4) is 0 Å². The Morgan fingerprint density at radius 2 is 1.94 bits per heavy atom. The number of halogens is 2. The van der Waals surface area contributed by atoms with Crippen molar-refractivity contribution >= 4 is 23.2 Å². The number of thiocarbonyl (C=S) groups is 1. The van der Waals surface area contributed by atoms with E-state index in [-0.39, 0.29) is 30.0 Å². The van der Waals surface area contributed by atoms with Crippen LogP contribution in [0.15, 0.2) is 48.5 Å². The molecule has 1 aliphatic carbocycles. The highest BCUT2D eigenvalue weighted by Gasteiger charge is 2.48. The Kier molecular flexibility index (Phi) is 6.83. The number of aliphatic hydroxyl groups is 1. The van der Waals surface area contributed by atoms with E-state index < -0.39 is 29.0 Å². The predicted octanol–water partition coefficient (Wildman–Crippen LogP) is 3.66. The molecule has 5 nitrogen and oxygen atoms in total. The molecule has 32 heavy (non-hydrogen) atoms. The van der Waals surface area contributed by atoms with Gasteiger partial charge in [-0.05, 0) is 49.2 Å². The van der Waals surface area contributed by atoms with E-state index in [2.05, 4.69) is 10.6 Å². The smallest absolute Gasteiger partial charge is 0.257 e. The van der Waals surface area contributed by atoms with E-state index >= 15 is 0 Å². The van der Waals surface area contributed by atoms with Crippen LogP contribution in [-0.4, -0.2) is 35.4 Å². The molecule has 2 aromatic rings. The molecule has 8 heteroatoms. The van der Waals surface area contributed by atoms with E-state index in [4.69, 9.17) is 17.0 Å². The van der Waals surface area contributed by atoms with Gasteiger partial charge in [0.1, 0.15) is 11.6 Å². The minimum atomic E-state index is -1.26. The lowest BCUT2D eigenvalue weighted by Crippen LogP contribution is -2.61. The fourth-order valence-electron chi connectivity index (χ4n) is 4.43. The first kappa shape index (κ1) is 22.8. The summed E-state index contributed by atoms with van der Waals surface area (Å²) in [5.74, 6) is -1.70. The summed E-state index contributed by atoms with van der Waals surface area (Å²) in [6.07, 6.45) is 3.69. The van der Waals surface area contributed by atoms with E-state index in [0.717, 1.165) is 18.6 Å². The standard InChI is InChI=1S/C24H26F2N2O3S/c25-18-8-9-20(21(26)12-18)24(14-31-19(10-15-6-7-15)11-17(24)13-29)28-23(32)27-22(30)16-4-2-1-3-5-16/h1-5,8-9,12,15,17,19,29H,6-7,10-11,13-14H2,(H2,27,28,30,32)/t17-,19-,24-/m0/s1. The number of hydrogen-bond donors (Lipinski definition) is 3. The molecule has 2 aliphatic rings. The molecule has 1 saturated heterocycles. The van der Waals surface area contributed by atoms with E-state index in [1.165, 1.54) is 18.9 Å². The van der Waals surface area contributed by atoms with E-state index in [1.807, 2.05) is 0 Å². The maximum absolute atomic E-state index is 14.9. The van der Waals surface area contributed by atoms with Crippen LogP contribution in [0.25, 0.3) is 0 Å². The molecule has 2 aromatic carbocycles. The Labute approximate surface area is 191 Å². The molecule has 1 amide bonds. The van der Waals surface area contributed by atoms with Crippen molar-refractivity contribution in [3.8, 4) is 0 Å². The first-order valence-electron chi connectivity index (χ1n) is 10.8. The molecule has 0 aromatic heterocycles. The average Bonchev–Trinajstić information content (AvgIpc) is 3.59. The monoisotopic (exact) mass is 460 g/mol. The molecule has 1 saturated carbocycles. The second-order valence-electron chi connectivity index (χ2n) is 8.60. The topological polar surface area (TPSA) is 70.6 Å². The highest BCUT2D eigenvalue weighted by molar-refractivity contribution is 7.80. The van der Waals surface area contributed by atoms with Crippen molar-refractivity contribution in [1.29, 1.82) is 0 Å². The number of carbonyl (C=O) groups is 1. The van der Waals surface area contributed by atoms with Crippen molar-refractivity contribution in [2.75, 3.05) is 13.2 Å². The Balaban J connectivity index is 1.60. The number of rotatable bonds is 6. The number of nitrogens with one attached hydrogen (secondary N) is 2. The number of amides is 1. The van der Waals surface area contributed by atoms with Gasteiger partial charge >= 0.3 is 0 Å². The van der Waals surface area contributed by atoms with Crippen LogP contribution in [0.2, 0.25) is 0 Å². The van der Waals surface area contributed by atoms with Crippen molar-refractivity contribution in [3.05, 3.63) is 71.3 Å². The van der Waals surface area contributed by atoms with Crippen molar-refractivity contribution in [1.82, 2.24) is 10.6 Å². The van der Waals surface area contributed by atoms with Gasteiger partial charge in [0.2, 0.25) is 0 Å².